The van der Waals surface area contributed by atoms with Crippen molar-refractivity contribution in [1.29, 1.82) is 0 Å². The normalized spacial score (nSPS) is 10.8. The Morgan fingerprint density at radius 3 is 2.81 bits per heavy atom. The van der Waals surface area contributed by atoms with Gasteiger partial charge < -0.3 is 15.2 Å². The van der Waals surface area contributed by atoms with E-state index in [-0.39, 0.29) is 29.7 Å². The monoisotopic (exact) mass is 392 g/mol. The smallest absolute Gasteiger partial charge is 0.311 e. The molecule has 2 N–H and O–H groups in total. The molecular formula is C17H14ClFN4O4. The van der Waals surface area contributed by atoms with Crippen LogP contribution < -0.4 is 10.1 Å². The number of aromatic nitrogens is 2. The molecule has 0 aliphatic carbocycles. The number of nitro benzene ring substituents is 1. The molecule has 0 aliphatic heterocycles. The lowest BCUT2D eigenvalue weighted by Crippen LogP contribution is -2.03. The lowest BCUT2D eigenvalue weighted by Gasteiger charge is -2.11. The van der Waals surface area contributed by atoms with E-state index in [0.29, 0.717) is 28.8 Å². The SMILES string of the molecule is O=[N+]([O-])c1cc2c(Nc3ccc(F)c(Cl)c3)ncnc2cc1OCCCO. The van der Waals surface area contributed by atoms with Crippen LogP contribution in [0.2, 0.25) is 5.02 Å². The molecule has 2 aromatic carbocycles. The van der Waals surface area contributed by atoms with Gasteiger partial charge in [0.25, 0.3) is 0 Å². The van der Waals surface area contributed by atoms with Crippen LogP contribution >= 0.6 is 11.6 Å². The van der Waals surface area contributed by atoms with Crippen molar-refractivity contribution in [2.24, 2.45) is 0 Å². The van der Waals surface area contributed by atoms with Crippen LogP contribution in [0.5, 0.6) is 5.75 Å². The number of rotatable bonds is 7. The van der Waals surface area contributed by atoms with Crippen LogP contribution in [0.4, 0.5) is 21.6 Å². The summed E-state index contributed by atoms with van der Waals surface area (Å²) in [5.41, 5.74) is 0.632. The zero-order chi connectivity index (χ0) is 19.4. The minimum absolute atomic E-state index is 0.0513. The second-order valence-electron chi connectivity index (χ2n) is 5.50. The minimum atomic E-state index is -0.570. The number of nitro groups is 1. The van der Waals surface area contributed by atoms with Crippen molar-refractivity contribution in [3.8, 4) is 5.75 Å². The first-order chi connectivity index (χ1) is 13.0. The van der Waals surface area contributed by atoms with Gasteiger partial charge in [0.1, 0.15) is 18.0 Å². The molecule has 1 heterocycles. The summed E-state index contributed by atoms with van der Waals surface area (Å²) in [7, 11) is 0. The molecule has 3 rings (SSSR count). The van der Waals surface area contributed by atoms with Crippen LogP contribution in [0, 0.1) is 15.9 Å². The van der Waals surface area contributed by atoms with Crippen molar-refractivity contribution >= 4 is 39.7 Å². The standard InChI is InChI=1S/C17H14ClFN4O4/c18-12-6-10(2-3-13(12)19)22-17-11-7-15(23(25)26)16(27-5-1-4-24)8-14(11)20-9-21-17/h2-3,6-9,24H,1,4-5H2,(H,20,21,22). The summed E-state index contributed by atoms with van der Waals surface area (Å²) in [6, 6.07) is 6.79. The first-order valence-corrected chi connectivity index (χ1v) is 8.26. The van der Waals surface area contributed by atoms with E-state index in [2.05, 4.69) is 15.3 Å². The Labute approximate surface area is 157 Å². The molecule has 0 amide bonds. The van der Waals surface area contributed by atoms with Crippen molar-refractivity contribution in [3.63, 3.8) is 0 Å². The molecule has 0 atom stereocenters. The number of aliphatic hydroxyl groups excluding tert-OH is 1. The number of fused-ring (bicyclic) bond motifs is 1. The van der Waals surface area contributed by atoms with Crippen LogP contribution in [0.1, 0.15) is 6.42 Å². The number of ether oxygens (including phenoxy) is 1. The lowest BCUT2D eigenvalue weighted by atomic mass is 10.2. The fraction of sp³-hybridized carbons (Fsp3) is 0.176. The Morgan fingerprint density at radius 1 is 1.30 bits per heavy atom. The number of hydrogen-bond donors (Lipinski definition) is 2. The van der Waals surface area contributed by atoms with Gasteiger partial charge in [-0.3, -0.25) is 10.1 Å². The van der Waals surface area contributed by atoms with Gasteiger partial charge in [0.2, 0.25) is 0 Å². The Bertz CT molecular complexity index is 1000. The molecule has 8 nitrogen and oxygen atoms in total. The average Bonchev–Trinajstić information content (AvgIpc) is 2.64. The van der Waals surface area contributed by atoms with Crippen molar-refractivity contribution < 1.29 is 19.2 Å². The van der Waals surface area contributed by atoms with Gasteiger partial charge in [0.05, 0.1) is 27.5 Å². The van der Waals surface area contributed by atoms with Gasteiger partial charge in [-0.2, -0.15) is 0 Å². The number of nitrogens with zero attached hydrogens (tertiary/aromatic N) is 3. The fourth-order valence-corrected chi connectivity index (χ4v) is 2.57. The molecule has 140 valence electrons. The maximum absolute atomic E-state index is 13.3. The summed E-state index contributed by atoms with van der Waals surface area (Å²) in [5, 5.41) is 23.5. The van der Waals surface area contributed by atoms with Crippen LogP contribution in [0.25, 0.3) is 10.9 Å². The lowest BCUT2D eigenvalue weighted by molar-refractivity contribution is -0.385. The van der Waals surface area contributed by atoms with Gasteiger partial charge in [-0.15, -0.1) is 0 Å². The van der Waals surface area contributed by atoms with E-state index in [0.717, 1.165) is 0 Å². The molecule has 1 aromatic heterocycles. The van der Waals surface area contributed by atoms with Crippen LogP contribution in [0.3, 0.4) is 0 Å². The van der Waals surface area contributed by atoms with Gasteiger partial charge in [-0.05, 0) is 18.2 Å². The molecule has 0 saturated heterocycles. The van der Waals surface area contributed by atoms with E-state index in [1.54, 1.807) is 0 Å². The number of hydrogen-bond acceptors (Lipinski definition) is 7. The van der Waals surface area contributed by atoms with Crippen molar-refractivity contribution in [1.82, 2.24) is 9.97 Å². The Balaban J connectivity index is 2.02. The van der Waals surface area contributed by atoms with Crippen LogP contribution in [0.15, 0.2) is 36.7 Å². The van der Waals surface area contributed by atoms with Gasteiger partial charge >= 0.3 is 5.69 Å². The van der Waals surface area contributed by atoms with Crippen LogP contribution in [-0.4, -0.2) is 33.2 Å². The zero-order valence-corrected chi connectivity index (χ0v) is 14.6. The zero-order valence-electron chi connectivity index (χ0n) is 13.9. The molecule has 3 aromatic rings. The van der Waals surface area contributed by atoms with E-state index < -0.39 is 10.7 Å². The summed E-state index contributed by atoms with van der Waals surface area (Å²) in [4.78, 5) is 19.1. The highest BCUT2D eigenvalue weighted by Gasteiger charge is 2.19. The van der Waals surface area contributed by atoms with E-state index in [4.69, 9.17) is 21.4 Å². The van der Waals surface area contributed by atoms with Crippen LogP contribution in [-0.2, 0) is 0 Å². The average molecular weight is 393 g/mol. The topological polar surface area (TPSA) is 110 Å². The molecule has 0 saturated carbocycles. The number of benzene rings is 2. The van der Waals surface area contributed by atoms with Crippen molar-refractivity contribution in [2.75, 3.05) is 18.5 Å². The highest BCUT2D eigenvalue weighted by Crippen LogP contribution is 2.35. The second-order valence-corrected chi connectivity index (χ2v) is 5.90. The Kier molecular flexibility index (Phi) is 5.63. The van der Waals surface area contributed by atoms with Gasteiger partial charge in [-0.25, -0.2) is 14.4 Å². The van der Waals surface area contributed by atoms with Crippen molar-refractivity contribution in [2.45, 2.75) is 6.42 Å². The van der Waals surface area contributed by atoms with Gasteiger partial charge in [0, 0.05) is 30.8 Å². The quantitative estimate of drug-likeness (QED) is 0.357. The molecule has 0 aliphatic rings. The summed E-state index contributed by atoms with van der Waals surface area (Å²) < 4.78 is 18.7. The van der Waals surface area contributed by atoms with E-state index in [9.17, 15) is 14.5 Å². The van der Waals surface area contributed by atoms with Gasteiger partial charge in [0.15, 0.2) is 5.75 Å². The number of halogens is 2. The largest absolute Gasteiger partial charge is 0.487 e. The predicted molar refractivity (Wildman–Crippen MR) is 98.1 cm³/mol. The molecule has 10 heteroatoms. The fourth-order valence-electron chi connectivity index (χ4n) is 2.39. The van der Waals surface area contributed by atoms with E-state index in [1.807, 2.05) is 0 Å². The third-order valence-corrected chi connectivity index (χ3v) is 3.94. The molecule has 0 bridgehead atoms. The molecule has 0 fully saturated rings. The molecule has 0 spiro atoms. The summed E-state index contributed by atoms with van der Waals surface area (Å²) in [6.45, 7) is 0.0466. The first kappa shape index (κ1) is 18.7. The maximum Gasteiger partial charge on any atom is 0.311 e. The third kappa shape index (κ3) is 4.21. The number of anilines is 2. The summed E-state index contributed by atoms with van der Waals surface area (Å²) in [6.07, 6.45) is 1.64. The summed E-state index contributed by atoms with van der Waals surface area (Å²) in [5.74, 6) is -0.210. The molecule has 0 radical (unpaired) electrons. The Morgan fingerprint density at radius 2 is 2.11 bits per heavy atom. The number of aliphatic hydroxyl groups is 1. The van der Waals surface area contributed by atoms with E-state index in [1.165, 1.54) is 36.7 Å². The van der Waals surface area contributed by atoms with Gasteiger partial charge in [-0.1, -0.05) is 11.6 Å². The predicted octanol–water partition coefficient (Wildman–Crippen LogP) is 3.84. The highest BCUT2D eigenvalue weighted by molar-refractivity contribution is 6.31. The van der Waals surface area contributed by atoms with Crippen molar-refractivity contribution in [3.05, 3.63) is 57.6 Å². The molecule has 0 unspecified atom stereocenters. The number of nitrogens with one attached hydrogen (secondary N) is 1. The summed E-state index contributed by atoms with van der Waals surface area (Å²) >= 11 is 5.77. The molecule has 27 heavy (non-hydrogen) atoms. The third-order valence-electron chi connectivity index (χ3n) is 3.66. The van der Waals surface area contributed by atoms with E-state index >= 15 is 0 Å². The first-order valence-electron chi connectivity index (χ1n) is 7.88. The Hall–Kier alpha value is -3.04. The highest BCUT2D eigenvalue weighted by atomic mass is 35.5. The minimum Gasteiger partial charge on any atom is -0.487 e. The second kappa shape index (κ2) is 8.11. The maximum atomic E-state index is 13.3. The molecular weight excluding hydrogens is 379 g/mol.